The van der Waals surface area contributed by atoms with Gasteiger partial charge in [0.2, 0.25) is 11.9 Å². The summed E-state index contributed by atoms with van der Waals surface area (Å²) in [6.07, 6.45) is 1.32. The van der Waals surface area contributed by atoms with E-state index >= 15 is 0 Å². The van der Waals surface area contributed by atoms with Crippen LogP contribution in [0.25, 0.3) is 5.70 Å². The fraction of sp³-hybridized carbons (Fsp3) is 0.391. The molecule has 10 nitrogen and oxygen atoms in total. The first-order chi connectivity index (χ1) is 16.2. The molecular formula is C23H31N7O3S. The number of amides is 2. The molecule has 0 fully saturated rings. The summed E-state index contributed by atoms with van der Waals surface area (Å²) in [5, 5.41) is 8.69. The van der Waals surface area contributed by atoms with E-state index in [1.54, 1.807) is 33.0 Å². The van der Waals surface area contributed by atoms with Crippen molar-refractivity contribution in [1.29, 1.82) is 0 Å². The number of alkyl carbamates (subject to hydrolysis) is 1. The van der Waals surface area contributed by atoms with Crippen molar-refractivity contribution in [2.75, 3.05) is 33.7 Å². The van der Waals surface area contributed by atoms with Crippen LogP contribution < -0.4 is 26.6 Å². The maximum absolute atomic E-state index is 12.3. The highest BCUT2D eigenvalue weighted by molar-refractivity contribution is 7.99. The van der Waals surface area contributed by atoms with Crippen LogP contribution in [-0.2, 0) is 9.53 Å². The lowest BCUT2D eigenvalue weighted by Crippen LogP contribution is -2.32. The molecule has 34 heavy (non-hydrogen) atoms. The molecule has 0 saturated carbocycles. The first kappa shape index (κ1) is 25.2. The van der Waals surface area contributed by atoms with Gasteiger partial charge in [-0.15, -0.1) is 11.8 Å². The van der Waals surface area contributed by atoms with Crippen molar-refractivity contribution in [3.05, 3.63) is 48.0 Å². The highest BCUT2D eigenvalue weighted by atomic mass is 32.2. The van der Waals surface area contributed by atoms with Gasteiger partial charge in [0.25, 0.3) is 0 Å². The number of nitrogens with two attached hydrogens (primary N) is 1. The van der Waals surface area contributed by atoms with Crippen molar-refractivity contribution in [1.82, 2.24) is 15.3 Å². The van der Waals surface area contributed by atoms with E-state index < -0.39 is 11.7 Å². The molecule has 0 aliphatic carbocycles. The maximum atomic E-state index is 12.3. The van der Waals surface area contributed by atoms with Gasteiger partial charge in [-0.05, 0) is 45.9 Å². The summed E-state index contributed by atoms with van der Waals surface area (Å²) in [5.41, 5.74) is 8.89. The van der Waals surface area contributed by atoms with Gasteiger partial charge in [0.05, 0.1) is 28.6 Å². The number of carbonyl (C=O) groups excluding carboxylic acids is 2. The van der Waals surface area contributed by atoms with Gasteiger partial charge in [0, 0.05) is 24.9 Å². The summed E-state index contributed by atoms with van der Waals surface area (Å²) in [5.74, 6) is 1.56. The molecule has 1 aromatic carbocycles. The zero-order valence-electron chi connectivity index (χ0n) is 19.8. The number of nitrogens with zero attached hydrogens (tertiary/aromatic N) is 3. The fourth-order valence-electron chi connectivity index (χ4n) is 3.21. The SMILES string of the molecule is CCN1/C(=C(\N)c2ccnc(NC(=O)CCSCNC(=O)OC(C)(C)C)n2)Nc2ccccc21. The summed E-state index contributed by atoms with van der Waals surface area (Å²) in [6, 6.07) is 9.66. The van der Waals surface area contributed by atoms with Crippen LogP contribution >= 0.6 is 11.8 Å². The number of fused-ring (bicyclic) bond motifs is 1. The Bertz CT molecular complexity index is 1070. The molecule has 0 radical (unpaired) electrons. The number of hydrogen-bond donors (Lipinski definition) is 4. The lowest BCUT2D eigenvalue weighted by molar-refractivity contribution is -0.115. The third-order valence-corrected chi connectivity index (χ3v) is 5.50. The summed E-state index contributed by atoms with van der Waals surface area (Å²) in [7, 11) is 0. The average Bonchev–Trinajstić information content (AvgIpc) is 3.16. The number of anilines is 3. The van der Waals surface area contributed by atoms with E-state index in [4.69, 9.17) is 10.5 Å². The molecule has 182 valence electrons. The lowest BCUT2D eigenvalue weighted by Gasteiger charge is -2.19. The highest BCUT2D eigenvalue weighted by Crippen LogP contribution is 2.37. The van der Waals surface area contributed by atoms with Gasteiger partial charge in [0.15, 0.2) is 0 Å². The van der Waals surface area contributed by atoms with Crippen molar-refractivity contribution >= 4 is 46.8 Å². The number of ether oxygens (including phenoxy) is 1. The molecule has 2 aromatic rings. The van der Waals surface area contributed by atoms with E-state index in [-0.39, 0.29) is 18.3 Å². The summed E-state index contributed by atoms with van der Waals surface area (Å²) in [4.78, 5) is 34.5. The highest BCUT2D eigenvalue weighted by Gasteiger charge is 2.25. The monoisotopic (exact) mass is 485 g/mol. The molecule has 5 N–H and O–H groups in total. The van der Waals surface area contributed by atoms with Crippen LogP contribution in [0.4, 0.5) is 22.1 Å². The number of benzene rings is 1. The van der Waals surface area contributed by atoms with Crippen LogP contribution in [0.5, 0.6) is 0 Å². The van der Waals surface area contributed by atoms with Crippen molar-refractivity contribution in [2.45, 2.75) is 39.7 Å². The van der Waals surface area contributed by atoms with E-state index in [9.17, 15) is 9.59 Å². The molecule has 0 spiro atoms. The number of rotatable bonds is 8. The van der Waals surface area contributed by atoms with E-state index in [1.807, 2.05) is 31.2 Å². The first-order valence-corrected chi connectivity index (χ1v) is 12.1. The molecule has 11 heteroatoms. The second-order valence-corrected chi connectivity index (χ2v) is 9.55. The summed E-state index contributed by atoms with van der Waals surface area (Å²) < 4.78 is 5.16. The zero-order chi connectivity index (χ0) is 24.7. The predicted octanol–water partition coefficient (Wildman–Crippen LogP) is 3.56. The minimum atomic E-state index is -0.546. The molecule has 0 unspecified atom stereocenters. The van der Waals surface area contributed by atoms with Gasteiger partial charge >= 0.3 is 6.09 Å². The zero-order valence-corrected chi connectivity index (χ0v) is 20.7. The van der Waals surface area contributed by atoms with Gasteiger partial charge in [-0.2, -0.15) is 0 Å². The van der Waals surface area contributed by atoms with Crippen LogP contribution in [0, 0.1) is 0 Å². The quantitative estimate of drug-likeness (QED) is 0.327. The molecule has 0 bridgehead atoms. The van der Waals surface area contributed by atoms with Crippen molar-refractivity contribution < 1.29 is 14.3 Å². The normalized spacial score (nSPS) is 14.2. The molecule has 2 heterocycles. The lowest BCUT2D eigenvalue weighted by atomic mass is 10.2. The minimum absolute atomic E-state index is 0.182. The van der Waals surface area contributed by atoms with Crippen LogP contribution in [0.3, 0.4) is 0 Å². The molecule has 3 rings (SSSR count). The van der Waals surface area contributed by atoms with Crippen molar-refractivity contribution in [2.24, 2.45) is 5.73 Å². The van der Waals surface area contributed by atoms with E-state index in [2.05, 4.69) is 30.8 Å². The minimum Gasteiger partial charge on any atom is -0.444 e. The van der Waals surface area contributed by atoms with E-state index in [0.717, 1.165) is 23.7 Å². The Morgan fingerprint density at radius 2 is 2.00 bits per heavy atom. The summed E-state index contributed by atoms with van der Waals surface area (Å²) in [6.45, 7) is 8.18. The molecule has 1 aliphatic rings. The maximum Gasteiger partial charge on any atom is 0.408 e. The number of carbonyl (C=O) groups is 2. The fourth-order valence-corrected chi connectivity index (χ4v) is 3.90. The molecule has 1 aromatic heterocycles. The Morgan fingerprint density at radius 3 is 2.74 bits per heavy atom. The number of hydrogen-bond acceptors (Lipinski definition) is 9. The smallest absolute Gasteiger partial charge is 0.408 e. The van der Waals surface area contributed by atoms with E-state index in [1.165, 1.54) is 11.8 Å². The second-order valence-electron chi connectivity index (χ2n) is 8.44. The Hall–Kier alpha value is -3.47. The predicted molar refractivity (Wildman–Crippen MR) is 136 cm³/mol. The van der Waals surface area contributed by atoms with Crippen LogP contribution in [0.15, 0.2) is 42.3 Å². The first-order valence-electron chi connectivity index (χ1n) is 11.0. The van der Waals surface area contributed by atoms with Crippen LogP contribution in [0.1, 0.15) is 39.8 Å². The topological polar surface area (TPSA) is 134 Å². The number of para-hydroxylation sites is 2. The van der Waals surface area contributed by atoms with Gasteiger partial charge in [-0.25, -0.2) is 14.8 Å². The second kappa shape index (κ2) is 11.1. The van der Waals surface area contributed by atoms with Gasteiger partial charge in [0.1, 0.15) is 11.4 Å². The molecular weight excluding hydrogens is 454 g/mol. The van der Waals surface area contributed by atoms with Crippen molar-refractivity contribution in [3.8, 4) is 0 Å². The Morgan fingerprint density at radius 1 is 1.24 bits per heavy atom. The Balaban J connectivity index is 1.53. The van der Waals surface area contributed by atoms with Crippen LogP contribution in [0.2, 0.25) is 0 Å². The number of nitrogens with one attached hydrogen (secondary N) is 3. The molecule has 0 atom stereocenters. The largest absolute Gasteiger partial charge is 0.444 e. The van der Waals surface area contributed by atoms with E-state index in [0.29, 0.717) is 23.0 Å². The number of thioether (sulfide) groups is 1. The Kier molecular flexibility index (Phi) is 8.21. The van der Waals surface area contributed by atoms with Gasteiger partial charge < -0.3 is 26.0 Å². The standard InChI is InChI=1S/C23H31N7O3S/c1-5-30-17-9-7-6-8-15(17)27-20(30)19(24)16-10-12-25-21(28-16)29-18(31)11-13-34-14-26-22(32)33-23(2,3)4/h6-10,12,27H,5,11,13-14,24H2,1-4H3,(H,26,32)(H,25,28,29,31)/b20-19-. The van der Waals surface area contributed by atoms with Crippen molar-refractivity contribution in [3.63, 3.8) is 0 Å². The van der Waals surface area contributed by atoms with Crippen LogP contribution in [-0.4, -0.2) is 45.7 Å². The molecule has 1 aliphatic heterocycles. The van der Waals surface area contributed by atoms with Gasteiger partial charge in [-0.3, -0.25) is 10.1 Å². The summed E-state index contributed by atoms with van der Waals surface area (Å²) >= 11 is 1.41. The van der Waals surface area contributed by atoms with Gasteiger partial charge in [-0.1, -0.05) is 12.1 Å². The molecule has 2 amide bonds. The third kappa shape index (κ3) is 6.77. The molecule has 0 saturated heterocycles. The Labute approximate surface area is 203 Å². The third-order valence-electron chi connectivity index (χ3n) is 4.66. The average molecular weight is 486 g/mol. The number of aromatic nitrogens is 2.